The first-order valence-electron chi connectivity index (χ1n) is 10.4. The van der Waals surface area contributed by atoms with Crippen LogP contribution in [-0.2, 0) is 9.53 Å². The summed E-state index contributed by atoms with van der Waals surface area (Å²) >= 11 is 0. The van der Waals surface area contributed by atoms with Crippen LogP contribution >= 0.6 is 0 Å². The van der Waals surface area contributed by atoms with E-state index in [1.54, 1.807) is 45.0 Å². The Labute approximate surface area is 193 Å². The van der Waals surface area contributed by atoms with E-state index in [0.717, 1.165) is 6.07 Å². The molecule has 0 spiro atoms. The lowest BCUT2D eigenvalue weighted by atomic mass is 9.93. The van der Waals surface area contributed by atoms with Crippen LogP contribution in [-0.4, -0.2) is 47.8 Å². The van der Waals surface area contributed by atoms with Crippen molar-refractivity contribution in [2.45, 2.75) is 38.6 Å². The molecule has 2 amide bonds. The van der Waals surface area contributed by atoms with Crippen LogP contribution in [0.2, 0.25) is 0 Å². The molecule has 1 N–H and O–H groups in total. The summed E-state index contributed by atoms with van der Waals surface area (Å²) in [5, 5.41) is 2.53. The van der Waals surface area contributed by atoms with Gasteiger partial charge in [0.15, 0.2) is 0 Å². The second-order valence-corrected chi connectivity index (χ2v) is 8.80. The lowest BCUT2D eigenvalue weighted by Gasteiger charge is -2.34. The third-order valence-electron chi connectivity index (χ3n) is 4.94. The van der Waals surface area contributed by atoms with E-state index in [9.17, 15) is 31.5 Å². The predicted octanol–water partition coefficient (Wildman–Crippen LogP) is 5.31. The maximum Gasteiger partial charge on any atom is 0.471 e. The number of alkyl carbamates (subject to hydrolysis) is 1. The zero-order valence-corrected chi connectivity index (χ0v) is 18.7. The third-order valence-corrected chi connectivity index (χ3v) is 4.94. The van der Waals surface area contributed by atoms with Gasteiger partial charge in [-0.1, -0.05) is 30.3 Å². The maximum absolute atomic E-state index is 13.5. The summed E-state index contributed by atoms with van der Waals surface area (Å²) in [5.74, 6) is -3.47. The van der Waals surface area contributed by atoms with Gasteiger partial charge in [-0.05, 0) is 55.2 Å². The van der Waals surface area contributed by atoms with E-state index >= 15 is 0 Å². The number of benzene rings is 2. The van der Waals surface area contributed by atoms with E-state index in [0.29, 0.717) is 27.2 Å². The van der Waals surface area contributed by atoms with E-state index < -0.39 is 48.0 Å². The van der Waals surface area contributed by atoms with Gasteiger partial charge in [-0.15, -0.1) is 0 Å². The number of alkyl halides is 3. The van der Waals surface area contributed by atoms with Crippen LogP contribution in [0.15, 0.2) is 48.5 Å². The lowest BCUT2D eigenvalue weighted by Crippen LogP contribution is -2.52. The second-order valence-electron chi connectivity index (χ2n) is 8.80. The number of halogens is 5. The van der Waals surface area contributed by atoms with Gasteiger partial charge in [0.05, 0.1) is 6.04 Å². The Morgan fingerprint density at radius 3 is 2.03 bits per heavy atom. The van der Waals surface area contributed by atoms with Gasteiger partial charge in [-0.25, -0.2) is 13.6 Å². The first-order chi connectivity index (χ1) is 15.7. The Morgan fingerprint density at radius 2 is 1.50 bits per heavy atom. The second kappa shape index (κ2) is 9.44. The van der Waals surface area contributed by atoms with E-state index in [4.69, 9.17) is 4.74 Å². The highest BCUT2D eigenvalue weighted by molar-refractivity contribution is 5.85. The summed E-state index contributed by atoms with van der Waals surface area (Å²) in [6.07, 6.45) is -4.48. The molecule has 1 aliphatic heterocycles. The minimum absolute atomic E-state index is 0.308. The summed E-state index contributed by atoms with van der Waals surface area (Å²) in [5.41, 5.74) is 1.03. The van der Waals surface area contributed by atoms with E-state index in [2.05, 4.69) is 5.32 Å². The fourth-order valence-electron chi connectivity index (χ4n) is 3.56. The molecule has 1 atom stereocenters. The first kappa shape index (κ1) is 25.2. The summed E-state index contributed by atoms with van der Waals surface area (Å²) in [6, 6.07) is 8.56. The van der Waals surface area contributed by atoms with Gasteiger partial charge < -0.3 is 15.0 Å². The fourth-order valence-corrected chi connectivity index (χ4v) is 3.56. The molecular formula is C24H23F5N2O3. The molecule has 2 aromatic carbocycles. The van der Waals surface area contributed by atoms with Gasteiger partial charge in [-0.3, -0.25) is 4.79 Å². The van der Waals surface area contributed by atoms with Crippen LogP contribution in [0.5, 0.6) is 0 Å². The minimum atomic E-state index is -5.05. The first-order valence-corrected chi connectivity index (χ1v) is 10.4. The maximum atomic E-state index is 13.5. The van der Waals surface area contributed by atoms with Crippen LogP contribution < -0.4 is 5.32 Å². The van der Waals surface area contributed by atoms with Crippen molar-refractivity contribution >= 4 is 17.6 Å². The molecule has 5 nitrogen and oxygen atoms in total. The largest absolute Gasteiger partial charge is 0.471 e. The monoisotopic (exact) mass is 482 g/mol. The number of nitrogens with one attached hydrogen (secondary N) is 1. The Bertz CT molecular complexity index is 1080. The van der Waals surface area contributed by atoms with Crippen molar-refractivity contribution in [1.82, 2.24) is 10.2 Å². The van der Waals surface area contributed by atoms with Gasteiger partial charge >= 0.3 is 18.2 Å². The highest BCUT2D eigenvalue weighted by atomic mass is 19.4. The molecule has 0 saturated heterocycles. The SMILES string of the molecule is CC(C)(C)OC(=O)N[C@H]1CN(C(=O)C(F)(F)F)CC=C1c1ccc(-c2cc(F)cc(F)c2)cc1. The van der Waals surface area contributed by atoms with Crippen molar-refractivity contribution in [3.63, 3.8) is 0 Å². The molecule has 0 aliphatic carbocycles. The van der Waals surface area contributed by atoms with Crippen molar-refractivity contribution in [3.8, 4) is 11.1 Å². The molecule has 0 bridgehead atoms. The molecule has 2 aromatic rings. The highest BCUT2D eigenvalue weighted by Crippen LogP contribution is 2.29. The number of nitrogens with zero attached hydrogens (tertiary/aromatic N) is 1. The lowest BCUT2D eigenvalue weighted by molar-refractivity contribution is -0.185. The average molecular weight is 482 g/mol. The summed E-state index contributed by atoms with van der Waals surface area (Å²) in [6.45, 7) is 4.18. The normalized spacial score (nSPS) is 16.6. The van der Waals surface area contributed by atoms with Crippen LogP contribution in [0.3, 0.4) is 0 Å². The van der Waals surface area contributed by atoms with E-state index in [1.807, 2.05) is 0 Å². The van der Waals surface area contributed by atoms with Crippen molar-refractivity contribution in [2.75, 3.05) is 13.1 Å². The number of amides is 2. The zero-order chi connectivity index (χ0) is 25.3. The molecule has 1 heterocycles. The Hall–Kier alpha value is -3.43. The summed E-state index contributed by atoms with van der Waals surface area (Å²) in [4.78, 5) is 24.7. The van der Waals surface area contributed by atoms with Crippen LogP contribution in [0.25, 0.3) is 16.7 Å². The minimum Gasteiger partial charge on any atom is -0.444 e. The van der Waals surface area contributed by atoms with Crippen molar-refractivity contribution in [1.29, 1.82) is 0 Å². The standard InChI is InChI=1S/C24H23F5N2O3/c1-23(2,3)34-22(33)30-20-13-31(21(32)24(27,28)29)9-8-19(20)15-6-4-14(5-7-15)16-10-17(25)12-18(26)11-16/h4-8,10-12,20H,9,13H2,1-3H3,(H,30,33)/t20-/m0/s1. The molecule has 182 valence electrons. The molecule has 1 aliphatic rings. The Balaban J connectivity index is 1.90. The van der Waals surface area contributed by atoms with Gasteiger partial charge in [0.2, 0.25) is 0 Å². The number of carbonyl (C=O) groups excluding carboxylic acids is 2. The number of hydrogen-bond donors (Lipinski definition) is 1. The summed E-state index contributed by atoms with van der Waals surface area (Å²) in [7, 11) is 0. The van der Waals surface area contributed by atoms with Crippen LogP contribution in [0.1, 0.15) is 26.3 Å². The van der Waals surface area contributed by atoms with Crippen LogP contribution in [0, 0.1) is 11.6 Å². The van der Waals surface area contributed by atoms with Crippen molar-refractivity contribution < 1.29 is 36.3 Å². The fraction of sp³-hybridized carbons (Fsp3) is 0.333. The molecule has 0 radical (unpaired) electrons. The molecule has 0 saturated carbocycles. The van der Waals surface area contributed by atoms with Gasteiger partial charge in [-0.2, -0.15) is 13.2 Å². The number of carbonyl (C=O) groups is 2. The molecular weight excluding hydrogens is 459 g/mol. The van der Waals surface area contributed by atoms with Crippen molar-refractivity contribution in [3.05, 3.63) is 65.7 Å². The Morgan fingerprint density at radius 1 is 0.941 bits per heavy atom. The topological polar surface area (TPSA) is 58.6 Å². The number of hydrogen-bond acceptors (Lipinski definition) is 3. The third kappa shape index (κ3) is 6.33. The zero-order valence-electron chi connectivity index (χ0n) is 18.7. The number of rotatable bonds is 3. The smallest absolute Gasteiger partial charge is 0.444 e. The van der Waals surface area contributed by atoms with Gasteiger partial charge in [0, 0.05) is 19.2 Å². The van der Waals surface area contributed by atoms with Gasteiger partial charge in [0.1, 0.15) is 17.2 Å². The molecule has 10 heteroatoms. The molecule has 0 unspecified atom stereocenters. The summed E-state index contributed by atoms with van der Waals surface area (Å²) < 4.78 is 71.2. The van der Waals surface area contributed by atoms with E-state index in [-0.39, 0.29) is 6.54 Å². The van der Waals surface area contributed by atoms with Crippen molar-refractivity contribution in [2.24, 2.45) is 0 Å². The molecule has 0 fully saturated rings. The number of ether oxygens (including phenoxy) is 1. The van der Waals surface area contributed by atoms with E-state index in [1.165, 1.54) is 18.2 Å². The predicted molar refractivity (Wildman–Crippen MR) is 116 cm³/mol. The van der Waals surface area contributed by atoms with Gasteiger partial charge in [0.25, 0.3) is 0 Å². The average Bonchev–Trinajstić information content (AvgIpc) is 2.70. The quantitative estimate of drug-likeness (QED) is 0.603. The molecule has 34 heavy (non-hydrogen) atoms. The molecule has 3 rings (SSSR count). The molecule has 0 aromatic heterocycles. The highest BCUT2D eigenvalue weighted by Gasteiger charge is 2.44. The Kier molecular flexibility index (Phi) is 6.99. The van der Waals surface area contributed by atoms with Crippen LogP contribution in [0.4, 0.5) is 26.7 Å².